The Balaban J connectivity index is 2.13. The number of benzene rings is 2. The molecule has 0 aliphatic carbocycles. The van der Waals surface area contributed by atoms with Gasteiger partial charge in [-0.05, 0) is 71.8 Å². The normalized spacial score (nSPS) is 12.4. The molecule has 2 nitrogen and oxygen atoms in total. The second-order valence-corrected chi connectivity index (χ2v) is 13.8. The van der Waals surface area contributed by atoms with Gasteiger partial charge in [0.25, 0.3) is 0 Å². The SMILES string of the molecule is CCc1ccc(-c2ccc(CO[Si](C)(C)C(C)(C)C)cc2)cc1CCCN. The highest BCUT2D eigenvalue weighted by atomic mass is 28.4. The molecular formula is C24H37NOSi. The summed E-state index contributed by atoms with van der Waals surface area (Å²) < 4.78 is 6.35. The van der Waals surface area contributed by atoms with Crippen LogP contribution in [0, 0.1) is 0 Å². The minimum Gasteiger partial charge on any atom is -0.413 e. The van der Waals surface area contributed by atoms with Crippen LogP contribution in [0.4, 0.5) is 0 Å². The lowest BCUT2D eigenvalue weighted by atomic mass is 9.95. The molecular weight excluding hydrogens is 346 g/mol. The van der Waals surface area contributed by atoms with Crippen molar-refractivity contribution in [1.82, 2.24) is 0 Å². The molecule has 27 heavy (non-hydrogen) atoms. The standard InChI is InChI=1S/C24H37NOSi/c1-7-20-14-15-23(17-22(20)9-8-16-25)21-12-10-19(11-13-21)18-26-27(5,6)24(2,3)4/h10-15,17H,7-9,16,18,25H2,1-6H3. The Morgan fingerprint density at radius 1 is 0.926 bits per heavy atom. The van der Waals surface area contributed by atoms with Crippen molar-refractivity contribution in [1.29, 1.82) is 0 Å². The Labute approximate surface area is 167 Å². The van der Waals surface area contributed by atoms with E-state index in [2.05, 4.69) is 83.3 Å². The topological polar surface area (TPSA) is 35.2 Å². The Morgan fingerprint density at radius 2 is 1.56 bits per heavy atom. The number of rotatable bonds is 8. The van der Waals surface area contributed by atoms with Gasteiger partial charge < -0.3 is 10.2 Å². The highest BCUT2D eigenvalue weighted by Gasteiger charge is 2.36. The largest absolute Gasteiger partial charge is 0.413 e. The molecule has 0 saturated heterocycles. The van der Waals surface area contributed by atoms with Crippen LogP contribution in [0.15, 0.2) is 42.5 Å². The monoisotopic (exact) mass is 383 g/mol. The van der Waals surface area contributed by atoms with E-state index in [0.29, 0.717) is 6.61 Å². The van der Waals surface area contributed by atoms with Gasteiger partial charge in [-0.1, -0.05) is 70.2 Å². The molecule has 0 saturated carbocycles. The van der Waals surface area contributed by atoms with Crippen LogP contribution in [-0.4, -0.2) is 14.9 Å². The van der Waals surface area contributed by atoms with Crippen molar-refractivity contribution in [2.75, 3.05) is 6.54 Å². The number of nitrogens with two attached hydrogens (primary N) is 1. The van der Waals surface area contributed by atoms with Gasteiger partial charge in [-0.25, -0.2) is 0 Å². The van der Waals surface area contributed by atoms with Crippen LogP contribution in [0.25, 0.3) is 11.1 Å². The van der Waals surface area contributed by atoms with Crippen LogP contribution in [0.5, 0.6) is 0 Å². The van der Waals surface area contributed by atoms with Crippen molar-refractivity contribution < 1.29 is 4.43 Å². The van der Waals surface area contributed by atoms with Gasteiger partial charge in [-0.3, -0.25) is 0 Å². The lowest BCUT2D eigenvalue weighted by Crippen LogP contribution is -2.40. The van der Waals surface area contributed by atoms with Crippen LogP contribution >= 0.6 is 0 Å². The van der Waals surface area contributed by atoms with Crippen LogP contribution < -0.4 is 5.73 Å². The van der Waals surface area contributed by atoms with Gasteiger partial charge in [-0.15, -0.1) is 0 Å². The van der Waals surface area contributed by atoms with E-state index in [1.54, 1.807) is 0 Å². The maximum atomic E-state index is 6.35. The van der Waals surface area contributed by atoms with Crippen molar-refractivity contribution in [3.05, 3.63) is 59.2 Å². The van der Waals surface area contributed by atoms with E-state index in [1.807, 2.05) is 0 Å². The molecule has 0 unspecified atom stereocenters. The summed E-state index contributed by atoms with van der Waals surface area (Å²) in [5.74, 6) is 0. The third kappa shape index (κ3) is 5.77. The minimum absolute atomic E-state index is 0.244. The van der Waals surface area contributed by atoms with Gasteiger partial charge in [-0.2, -0.15) is 0 Å². The van der Waals surface area contributed by atoms with Crippen molar-refractivity contribution in [3.8, 4) is 11.1 Å². The molecule has 2 aromatic rings. The number of aryl methyl sites for hydroxylation is 2. The Hall–Kier alpha value is -1.42. The molecule has 0 spiro atoms. The summed E-state index contributed by atoms with van der Waals surface area (Å²) in [6, 6.07) is 15.7. The van der Waals surface area contributed by atoms with Gasteiger partial charge >= 0.3 is 0 Å². The first-order chi connectivity index (χ1) is 12.7. The highest BCUT2D eigenvalue weighted by Crippen LogP contribution is 2.37. The Kier molecular flexibility index (Phi) is 7.44. The van der Waals surface area contributed by atoms with Crippen LogP contribution in [0.2, 0.25) is 18.1 Å². The smallest absolute Gasteiger partial charge is 0.192 e. The lowest BCUT2D eigenvalue weighted by molar-refractivity contribution is 0.276. The number of hydrogen-bond donors (Lipinski definition) is 1. The molecule has 0 aromatic heterocycles. The predicted octanol–water partition coefficient (Wildman–Crippen LogP) is 6.33. The van der Waals surface area contributed by atoms with E-state index in [4.69, 9.17) is 10.2 Å². The van der Waals surface area contributed by atoms with Crippen molar-refractivity contribution in [2.45, 2.75) is 71.7 Å². The average molecular weight is 384 g/mol. The molecule has 2 N–H and O–H groups in total. The Bertz CT molecular complexity index is 729. The zero-order valence-corrected chi connectivity index (χ0v) is 19.1. The molecule has 0 heterocycles. The second-order valence-electron chi connectivity index (χ2n) is 8.98. The zero-order chi connectivity index (χ0) is 20.1. The second kappa shape index (κ2) is 9.18. The van der Waals surface area contributed by atoms with Gasteiger partial charge in [0.2, 0.25) is 0 Å². The fraction of sp³-hybridized carbons (Fsp3) is 0.500. The van der Waals surface area contributed by atoms with Gasteiger partial charge in [0.05, 0.1) is 6.61 Å². The summed E-state index contributed by atoms with van der Waals surface area (Å²) in [6.07, 6.45) is 3.18. The van der Waals surface area contributed by atoms with Gasteiger partial charge in [0.1, 0.15) is 0 Å². The average Bonchev–Trinajstić information content (AvgIpc) is 2.64. The molecule has 2 aromatic carbocycles. The predicted molar refractivity (Wildman–Crippen MR) is 121 cm³/mol. The molecule has 0 radical (unpaired) electrons. The zero-order valence-electron chi connectivity index (χ0n) is 18.1. The van der Waals surface area contributed by atoms with E-state index in [-0.39, 0.29) is 5.04 Å². The molecule has 0 aliphatic heterocycles. The van der Waals surface area contributed by atoms with Crippen LogP contribution in [0.3, 0.4) is 0 Å². The number of hydrogen-bond acceptors (Lipinski definition) is 2. The first-order valence-corrected chi connectivity index (χ1v) is 13.1. The van der Waals surface area contributed by atoms with E-state index >= 15 is 0 Å². The van der Waals surface area contributed by atoms with Crippen molar-refractivity contribution in [2.24, 2.45) is 5.73 Å². The summed E-state index contributed by atoms with van der Waals surface area (Å²) in [6.45, 7) is 15.1. The van der Waals surface area contributed by atoms with E-state index < -0.39 is 8.32 Å². The van der Waals surface area contributed by atoms with E-state index in [0.717, 1.165) is 25.8 Å². The molecule has 3 heteroatoms. The van der Waals surface area contributed by atoms with Gasteiger partial charge in [0, 0.05) is 0 Å². The maximum absolute atomic E-state index is 6.35. The van der Waals surface area contributed by atoms with Crippen molar-refractivity contribution in [3.63, 3.8) is 0 Å². The molecule has 0 atom stereocenters. The van der Waals surface area contributed by atoms with Gasteiger partial charge in [0.15, 0.2) is 8.32 Å². The molecule has 0 aliphatic rings. The molecule has 0 bridgehead atoms. The minimum atomic E-state index is -1.71. The third-order valence-corrected chi connectivity index (χ3v) is 10.4. The van der Waals surface area contributed by atoms with Crippen LogP contribution in [0.1, 0.15) is 50.8 Å². The van der Waals surface area contributed by atoms with E-state index in [9.17, 15) is 0 Å². The summed E-state index contributed by atoms with van der Waals surface area (Å²) in [5, 5.41) is 0.244. The summed E-state index contributed by atoms with van der Waals surface area (Å²) >= 11 is 0. The fourth-order valence-corrected chi connectivity index (χ4v) is 3.91. The first-order valence-electron chi connectivity index (χ1n) is 10.2. The fourth-order valence-electron chi connectivity index (χ4n) is 2.95. The highest BCUT2D eigenvalue weighted by molar-refractivity contribution is 6.74. The molecule has 2 rings (SSSR count). The molecule has 0 fully saturated rings. The quantitative estimate of drug-likeness (QED) is 0.541. The van der Waals surface area contributed by atoms with Crippen LogP contribution in [-0.2, 0) is 23.9 Å². The Morgan fingerprint density at radius 3 is 2.11 bits per heavy atom. The molecule has 148 valence electrons. The maximum Gasteiger partial charge on any atom is 0.192 e. The third-order valence-electron chi connectivity index (χ3n) is 5.93. The summed E-state index contributed by atoms with van der Waals surface area (Å²) in [4.78, 5) is 0. The first kappa shape index (κ1) is 21.9. The van der Waals surface area contributed by atoms with Crippen molar-refractivity contribution >= 4 is 8.32 Å². The molecule has 0 amide bonds. The lowest BCUT2D eigenvalue weighted by Gasteiger charge is -2.36. The summed E-state index contributed by atoms with van der Waals surface area (Å²) in [5.41, 5.74) is 12.4. The van der Waals surface area contributed by atoms with E-state index in [1.165, 1.54) is 27.8 Å². The summed E-state index contributed by atoms with van der Waals surface area (Å²) in [7, 11) is -1.71.